The molecule has 0 N–H and O–H groups in total. The molecule has 54 valence electrons. The van der Waals surface area contributed by atoms with Gasteiger partial charge in [0.15, 0.2) is 5.78 Å². The summed E-state index contributed by atoms with van der Waals surface area (Å²) in [6.07, 6.45) is 1.48. The summed E-state index contributed by atoms with van der Waals surface area (Å²) in [6.45, 7) is 0. The van der Waals surface area contributed by atoms with Crippen molar-refractivity contribution in [2.45, 2.75) is 6.32 Å². The van der Waals surface area contributed by atoms with Gasteiger partial charge in [-0.1, -0.05) is 11.6 Å². The van der Waals surface area contributed by atoms with Gasteiger partial charge < -0.3 is 0 Å². The van der Waals surface area contributed by atoms with Crippen LogP contribution in [0, 0.1) is 0 Å². The van der Waals surface area contributed by atoms with Crippen molar-refractivity contribution in [2.24, 2.45) is 0 Å². The van der Waals surface area contributed by atoms with E-state index < -0.39 is 0 Å². The largest absolute Gasteiger partial charge is 0.295 e. The lowest BCUT2D eigenvalue weighted by atomic mass is 9.97. The number of carbonyl (C=O) groups is 1. The van der Waals surface area contributed by atoms with E-state index in [0.29, 0.717) is 10.7 Å². The molecule has 0 saturated carbocycles. The van der Waals surface area contributed by atoms with Gasteiger partial charge in [-0.05, 0) is 18.5 Å². The van der Waals surface area contributed by atoms with E-state index >= 15 is 0 Å². The van der Waals surface area contributed by atoms with Gasteiger partial charge in [0.1, 0.15) is 5.15 Å². The first kappa shape index (κ1) is 8.27. The molecule has 1 aromatic rings. The van der Waals surface area contributed by atoms with Gasteiger partial charge >= 0.3 is 0 Å². The van der Waals surface area contributed by atoms with Crippen LogP contribution in [-0.4, -0.2) is 18.6 Å². The third-order valence-corrected chi connectivity index (χ3v) is 1.44. The van der Waals surface area contributed by atoms with Crippen LogP contribution in [0.2, 0.25) is 11.5 Å². The highest BCUT2D eigenvalue weighted by molar-refractivity contribution is 6.30. The fraction of sp³-hybridized carbons (Fsp3) is 0.143. The van der Waals surface area contributed by atoms with Crippen molar-refractivity contribution >= 4 is 25.2 Å². The third-order valence-electron chi connectivity index (χ3n) is 1.23. The first-order valence-corrected chi connectivity index (χ1v) is 3.46. The summed E-state index contributed by atoms with van der Waals surface area (Å²) in [5.41, 5.74) is 0.507. The molecule has 11 heavy (non-hydrogen) atoms. The Morgan fingerprint density at radius 2 is 2.45 bits per heavy atom. The highest BCUT2D eigenvalue weighted by Crippen LogP contribution is 2.08. The summed E-state index contributed by atoms with van der Waals surface area (Å²) >= 11 is 5.54. The summed E-state index contributed by atoms with van der Waals surface area (Å²) < 4.78 is 0. The van der Waals surface area contributed by atoms with Crippen LogP contribution in [0.3, 0.4) is 0 Å². The molecule has 1 heterocycles. The molecule has 0 fully saturated rings. The van der Waals surface area contributed by atoms with Crippen LogP contribution < -0.4 is 0 Å². The molecule has 0 aliphatic rings. The molecule has 4 heteroatoms. The predicted octanol–water partition coefficient (Wildman–Crippen LogP) is 1.50. The van der Waals surface area contributed by atoms with Crippen molar-refractivity contribution in [3.8, 4) is 0 Å². The molecule has 0 amide bonds. The van der Waals surface area contributed by atoms with Crippen LogP contribution in [-0.2, 0) is 0 Å². The van der Waals surface area contributed by atoms with Gasteiger partial charge in [-0.25, -0.2) is 4.98 Å². The van der Waals surface area contributed by atoms with Gasteiger partial charge in [0.25, 0.3) is 0 Å². The van der Waals surface area contributed by atoms with Crippen LogP contribution >= 0.6 is 11.6 Å². The minimum Gasteiger partial charge on any atom is -0.295 e. The van der Waals surface area contributed by atoms with E-state index in [9.17, 15) is 4.79 Å². The Morgan fingerprint density at radius 3 is 3.00 bits per heavy atom. The average Bonchev–Trinajstić information content (AvgIpc) is 2.03. The quantitative estimate of drug-likeness (QED) is 0.378. The lowest BCUT2D eigenvalue weighted by Gasteiger charge is -1.95. The summed E-state index contributed by atoms with van der Waals surface area (Å²) in [5.74, 6) is -0.130. The van der Waals surface area contributed by atoms with E-state index in [4.69, 9.17) is 19.4 Å². The summed E-state index contributed by atoms with van der Waals surface area (Å²) in [4.78, 5) is 14.7. The number of halogens is 1. The zero-order valence-electron chi connectivity index (χ0n) is 5.75. The molecule has 1 rings (SSSR count). The molecule has 0 atom stereocenters. The van der Waals surface area contributed by atoms with Gasteiger partial charge in [-0.2, -0.15) is 0 Å². The van der Waals surface area contributed by atoms with E-state index in [-0.39, 0.29) is 12.1 Å². The van der Waals surface area contributed by atoms with Crippen molar-refractivity contribution in [3.63, 3.8) is 0 Å². The molecule has 2 nitrogen and oxygen atoms in total. The second-order valence-corrected chi connectivity index (χ2v) is 2.38. The first-order valence-electron chi connectivity index (χ1n) is 3.09. The van der Waals surface area contributed by atoms with Gasteiger partial charge in [-0.15, -0.1) is 0 Å². The van der Waals surface area contributed by atoms with Crippen molar-refractivity contribution in [3.05, 3.63) is 29.0 Å². The Hall–Kier alpha value is -0.825. The molecule has 0 aliphatic carbocycles. The number of carbonyl (C=O) groups excluding carboxylic acids is 1. The Morgan fingerprint density at radius 1 is 1.73 bits per heavy atom. The third kappa shape index (κ3) is 2.05. The number of rotatable bonds is 2. The fourth-order valence-corrected chi connectivity index (χ4v) is 0.868. The lowest BCUT2D eigenvalue weighted by molar-refractivity contribution is 0.101. The number of hydrogen-bond acceptors (Lipinski definition) is 2. The normalized spacial score (nSPS) is 9.55. The van der Waals surface area contributed by atoms with Crippen molar-refractivity contribution in [1.29, 1.82) is 0 Å². The maximum absolute atomic E-state index is 11.0. The molecule has 0 unspecified atom stereocenters. The molecular formula is C7H5BClNO. The maximum atomic E-state index is 11.0. The van der Waals surface area contributed by atoms with Crippen LogP contribution in [0.25, 0.3) is 0 Å². The average molecular weight is 165 g/mol. The van der Waals surface area contributed by atoms with Crippen molar-refractivity contribution < 1.29 is 4.79 Å². The van der Waals surface area contributed by atoms with Crippen LogP contribution in [0.15, 0.2) is 18.3 Å². The molecule has 0 aromatic carbocycles. The Labute approximate surface area is 71.0 Å². The van der Waals surface area contributed by atoms with E-state index in [1.54, 1.807) is 6.07 Å². The van der Waals surface area contributed by atoms with Gasteiger partial charge in [0.2, 0.25) is 0 Å². The van der Waals surface area contributed by atoms with E-state index in [1.807, 2.05) is 0 Å². The predicted molar refractivity (Wildman–Crippen MR) is 44.1 cm³/mol. The Balaban J connectivity index is 2.96. The Kier molecular flexibility index (Phi) is 2.66. The second-order valence-electron chi connectivity index (χ2n) is 1.99. The van der Waals surface area contributed by atoms with Crippen LogP contribution in [0.4, 0.5) is 0 Å². The number of pyridine rings is 1. The minimum atomic E-state index is -0.130. The molecule has 0 aliphatic heterocycles. The van der Waals surface area contributed by atoms with Crippen LogP contribution in [0.1, 0.15) is 10.4 Å². The Bertz CT molecular complexity index is 277. The monoisotopic (exact) mass is 165 g/mol. The summed E-state index contributed by atoms with van der Waals surface area (Å²) in [5, 5.41) is 0.310. The van der Waals surface area contributed by atoms with E-state index in [1.165, 1.54) is 12.3 Å². The number of hydrogen-bond donors (Lipinski definition) is 0. The highest BCUT2D eigenvalue weighted by Gasteiger charge is 2.01. The molecule has 0 saturated heterocycles. The maximum Gasteiger partial charge on any atom is 0.154 e. The second kappa shape index (κ2) is 3.53. The van der Waals surface area contributed by atoms with E-state index in [0.717, 1.165) is 0 Å². The summed E-state index contributed by atoms with van der Waals surface area (Å²) in [7, 11) is 5.14. The SMILES string of the molecule is [B]CC(=O)c1ccnc(Cl)c1. The molecule has 0 bridgehead atoms. The van der Waals surface area contributed by atoms with Gasteiger partial charge in [0, 0.05) is 11.8 Å². The number of Topliss-reactive ketones (excluding diaryl/α,β-unsaturated/α-hetero) is 1. The molecule has 1 aromatic heterocycles. The van der Waals surface area contributed by atoms with Crippen molar-refractivity contribution in [2.75, 3.05) is 0 Å². The molecule has 0 spiro atoms. The molecular weight excluding hydrogens is 160 g/mol. The fourth-order valence-electron chi connectivity index (χ4n) is 0.694. The first-order chi connectivity index (χ1) is 5.24. The zero-order chi connectivity index (χ0) is 8.27. The van der Waals surface area contributed by atoms with Gasteiger partial charge in [0.05, 0.1) is 7.85 Å². The number of nitrogens with zero attached hydrogens (tertiary/aromatic N) is 1. The van der Waals surface area contributed by atoms with Crippen molar-refractivity contribution in [1.82, 2.24) is 4.98 Å². The van der Waals surface area contributed by atoms with Gasteiger partial charge in [-0.3, -0.25) is 4.79 Å². The van der Waals surface area contributed by atoms with Crippen LogP contribution in [0.5, 0.6) is 0 Å². The highest BCUT2D eigenvalue weighted by atomic mass is 35.5. The van der Waals surface area contributed by atoms with E-state index in [2.05, 4.69) is 4.98 Å². The lowest BCUT2D eigenvalue weighted by Crippen LogP contribution is -1.97. The summed E-state index contributed by atoms with van der Waals surface area (Å²) in [6, 6.07) is 3.08. The number of ketones is 1. The standard InChI is InChI=1S/C7H5BClNO/c8-4-6(11)5-1-2-10-7(9)3-5/h1-3H,4H2. The zero-order valence-corrected chi connectivity index (χ0v) is 6.51. The smallest absolute Gasteiger partial charge is 0.154 e. The minimum absolute atomic E-state index is 0.000340. The molecule has 2 radical (unpaired) electrons. The number of aromatic nitrogens is 1. The topological polar surface area (TPSA) is 30.0 Å².